The van der Waals surface area contributed by atoms with Crippen molar-refractivity contribution in [1.82, 2.24) is 4.98 Å². The fraction of sp³-hybridized carbons (Fsp3) is 0.364. The predicted molar refractivity (Wildman–Crippen MR) is 61.9 cm³/mol. The van der Waals surface area contributed by atoms with Gasteiger partial charge in [-0.3, -0.25) is 4.79 Å². The average Bonchev–Trinajstić information content (AvgIpc) is 2.30. The highest BCUT2D eigenvalue weighted by molar-refractivity contribution is 9.10. The van der Waals surface area contributed by atoms with Crippen LogP contribution < -0.4 is 0 Å². The maximum Gasteiger partial charge on any atom is 0.310 e. The molecule has 0 saturated heterocycles. The summed E-state index contributed by atoms with van der Waals surface area (Å²) in [6, 6.07) is 1.68. The van der Waals surface area contributed by atoms with Crippen LogP contribution in [0.3, 0.4) is 0 Å². The van der Waals surface area contributed by atoms with Crippen LogP contribution >= 0.6 is 15.9 Å². The van der Waals surface area contributed by atoms with Gasteiger partial charge in [-0.05, 0) is 28.4 Å². The number of rotatable bonds is 4. The van der Waals surface area contributed by atoms with Gasteiger partial charge in [-0.2, -0.15) is 5.26 Å². The first kappa shape index (κ1) is 14.5. The van der Waals surface area contributed by atoms with E-state index in [2.05, 4.69) is 20.9 Å². The summed E-state index contributed by atoms with van der Waals surface area (Å²) in [5.41, 5.74) is -0.603. The molecule has 0 aromatic carbocycles. The molecular weight excluding hydrogens is 310 g/mol. The maximum absolute atomic E-state index is 12.8. The second-order valence-electron chi connectivity index (χ2n) is 3.26. The van der Waals surface area contributed by atoms with Gasteiger partial charge in [-0.1, -0.05) is 0 Å². The molecule has 0 aliphatic carbocycles. The highest BCUT2D eigenvalue weighted by atomic mass is 79.9. The molecule has 0 atom stereocenters. The lowest BCUT2D eigenvalue weighted by atomic mass is 10.0. The minimum Gasteiger partial charge on any atom is -0.466 e. The van der Waals surface area contributed by atoms with Crippen molar-refractivity contribution in [1.29, 1.82) is 5.26 Å². The second kappa shape index (κ2) is 6.40. The quantitative estimate of drug-likeness (QED) is 0.632. The van der Waals surface area contributed by atoms with Crippen LogP contribution in [-0.2, 0) is 16.0 Å². The van der Waals surface area contributed by atoms with Gasteiger partial charge in [0.2, 0.25) is 0 Å². The third-order valence-corrected chi connectivity index (χ3v) is 2.75. The lowest BCUT2D eigenvalue weighted by Gasteiger charge is -2.09. The molecule has 1 heterocycles. The fourth-order valence-electron chi connectivity index (χ4n) is 1.38. The van der Waals surface area contributed by atoms with Gasteiger partial charge in [0, 0.05) is 6.20 Å². The molecule has 96 valence electrons. The molecule has 0 N–H and O–H groups in total. The van der Waals surface area contributed by atoms with Crippen molar-refractivity contribution in [3.8, 4) is 6.07 Å². The number of carbonyl (C=O) groups excluding carboxylic acids is 1. The number of ether oxygens (including phenoxy) is 1. The summed E-state index contributed by atoms with van der Waals surface area (Å²) >= 11 is 2.86. The molecule has 0 fully saturated rings. The smallest absolute Gasteiger partial charge is 0.310 e. The van der Waals surface area contributed by atoms with E-state index < -0.39 is 18.0 Å². The van der Waals surface area contributed by atoms with Crippen molar-refractivity contribution in [2.24, 2.45) is 0 Å². The predicted octanol–water partition coefficient (Wildman–Crippen LogP) is 2.76. The normalized spacial score (nSPS) is 10.2. The van der Waals surface area contributed by atoms with Crippen LogP contribution in [0.25, 0.3) is 0 Å². The van der Waals surface area contributed by atoms with Crippen molar-refractivity contribution >= 4 is 21.9 Å². The molecule has 0 radical (unpaired) electrons. The van der Waals surface area contributed by atoms with Crippen molar-refractivity contribution in [3.05, 3.63) is 27.5 Å². The Morgan fingerprint density at radius 1 is 1.67 bits per heavy atom. The van der Waals surface area contributed by atoms with E-state index in [1.54, 1.807) is 13.0 Å². The minimum absolute atomic E-state index is 0.0957. The van der Waals surface area contributed by atoms with Gasteiger partial charge in [0.15, 0.2) is 0 Å². The second-order valence-corrected chi connectivity index (χ2v) is 4.01. The maximum atomic E-state index is 12.8. The highest BCUT2D eigenvalue weighted by Crippen LogP contribution is 2.30. The van der Waals surface area contributed by atoms with Gasteiger partial charge in [0.1, 0.15) is 10.7 Å². The van der Waals surface area contributed by atoms with E-state index in [4.69, 9.17) is 10.00 Å². The Hall–Kier alpha value is -1.55. The van der Waals surface area contributed by atoms with Crippen LogP contribution in [-0.4, -0.2) is 17.6 Å². The zero-order valence-electron chi connectivity index (χ0n) is 9.41. The molecule has 1 aromatic heterocycles. The summed E-state index contributed by atoms with van der Waals surface area (Å²) in [7, 11) is 0. The zero-order chi connectivity index (χ0) is 13.7. The number of halogens is 3. The lowest BCUT2D eigenvalue weighted by Crippen LogP contribution is -2.10. The van der Waals surface area contributed by atoms with E-state index in [9.17, 15) is 13.6 Å². The molecule has 0 aliphatic heterocycles. The molecule has 7 heteroatoms. The summed E-state index contributed by atoms with van der Waals surface area (Å²) < 4.78 is 30.2. The Labute approximate surface area is 111 Å². The average molecular weight is 319 g/mol. The summed E-state index contributed by atoms with van der Waals surface area (Å²) in [6.07, 6.45) is -1.88. The van der Waals surface area contributed by atoms with Crippen LogP contribution in [0.4, 0.5) is 8.78 Å². The Morgan fingerprint density at radius 3 is 2.83 bits per heavy atom. The third kappa shape index (κ3) is 3.23. The minimum atomic E-state index is -2.84. The topological polar surface area (TPSA) is 63.0 Å². The van der Waals surface area contributed by atoms with E-state index in [0.29, 0.717) is 0 Å². The number of hydrogen-bond acceptors (Lipinski definition) is 4. The Balaban J connectivity index is 3.18. The fourth-order valence-corrected chi connectivity index (χ4v) is 1.85. The van der Waals surface area contributed by atoms with Crippen LogP contribution in [0.15, 0.2) is 10.8 Å². The van der Waals surface area contributed by atoms with Gasteiger partial charge < -0.3 is 4.74 Å². The highest BCUT2D eigenvalue weighted by Gasteiger charge is 2.22. The summed E-state index contributed by atoms with van der Waals surface area (Å²) in [4.78, 5) is 15.0. The molecular formula is C11H9BrF2N2O2. The number of carbonyl (C=O) groups is 1. The molecule has 18 heavy (non-hydrogen) atoms. The number of pyridine rings is 1. The van der Waals surface area contributed by atoms with Crippen molar-refractivity contribution < 1.29 is 18.3 Å². The number of esters is 1. The standard InChI is InChI=1S/C11H9BrF2N2O2/c1-2-18-8(17)3-6-5-16-10(12)9(11(13)14)7(6)4-15/h5,11H,2-3H2,1H3. The number of aromatic nitrogens is 1. The first-order valence-corrected chi connectivity index (χ1v) is 5.81. The zero-order valence-corrected chi connectivity index (χ0v) is 11.0. The number of nitriles is 1. The lowest BCUT2D eigenvalue weighted by molar-refractivity contribution is -0.142. The van der Waals surface area contributed by atoms with E-state index >= 15 is 0 Å². The van der Waals surface area contributed by atoms with E-state index in [-0.39, 0.29) is 28.8 Å². The molecule has 4 nitrogen and oxygen atoms in total. The largest absolute Gasteiger partial charge is 0.466 e. The number of alkyl halides is 2. The Kier molecular flexibility index (Phi) is 5.16. The van der Waals surface area contributed by atoms with E-state index in [1.165, 1.54) is 6.20 Å². The molecule has 0 unspecified atom stereocenters. The van der Waals surface area contributed by atoms with Crippen molar-refractivity contribution in [2.75, 3.05) is 6.61 Å². The molecule has 1 rings (SSSR count). The van der Waals surface area contributed by atoms with Crippen molar-refractivity contribution in [2.45, 2.75) is 19.8 Å². The molecule has 0 spiro atoms. The van der Waals surface area contributed by atoms with E-state index in [1.807, 2.05) is 0 Å². The van der Waals surface area contributed by atoms with Crippen molar-refractivity contribution in [3.63, 3.8) is 0 Å². The van der Waals surface area contributed by atoms with Gasteiger partial charge in [0.25, 0.3) is 6.43 Å². The molecule has 1 aromatic rings. The Morgan fingerprint density at radius 2 is 2.33 bits per heavy atom. The van der Waals surface area contributed by atoms with Crippen LogP contribution in [0, 0.1) is 11.3 Å². The van der Waals surface area contributed by atoms with Gasteiger partial charge in [0.05, 0.1) is 24.2 Å². The number of nitrogens with zero attached hydrogens (tertiary/aromatic N) is 2. The summed E-state index contributed by atoms with van der Waals surface area (Å²) in [6.45, 7) is 1.82. The van der Waals surface area contributed by atoms with Gasteiger partial charge >= 0.3 is 5.97 Å². The van der Waals surface area contributed by atoms with Crippen LogP contribution in [0.1, 0.15) is 30.0 Å². The van der Waals surface area contributed by atoms with Gasteiger partial charge in [-0.25, -0.2) is 13.8 Å². The molecule has 0 saturated carbocycles. The van der Waals surface area contributed by atoms with E-state index in [0.717, 1.165) is 0 Å². The van der Waals surface area contributed by atoms with Crippen LogP contribution in [0.2, 0.25) is 0 Å². The first-order chi connectivity index (χ1) is 8.51. The Bertz CT molecular complexity index is 501. The third-order valence-electron chi connectivity index (χ3n) is 2.12. The monoisotopic (exact) mass is 318 g/mol. The molecule has 0 amide bonds. The molecule has 0 bridgehead atoms. The first-order valence-electron chi connectivity index (χ1n) is 5.02. The summed E-state index contributed by atoms with van der Waals surface area (Å²) in [5.74, 6) is -0.585. The molecule has 0 aliphatic rings. The SMILES string of the molecule is CCOC(=O)Cc1cnc(Br)c(C(F)F)c1C#N. The van der Waals surface area contributed by atoms with Gasteiger partial charge in [-0.15, -0.1) is 0 Å². The summed E-state index contributed by atoms with van der Waals surface area (Å²) in [5, 5.41) is 8.93. The van der Waals surface area contributed by atoms with Crippen LogP contribution in [0.5, 0.6) is 0 Å². The number of hydrogen-bond donors (Lipinski definition) is 0.